The third-order valence-electron chi connectivity index (χ3n) is 5.79. The lowest BCUT2D eigenvalue weighted by atomic mass is 9.89. The monoisotopic (exact) mass is 428 g/mol. The molecule has 3 rings (SSSR count). The Hall–Kier alpha value is -2.34. The van der Waals surface area contributed by atoms with Crippen LogP contribution in [0.5, 0.6) is 0 Å². The average molecular weight is 429 g/mol. The predicted octanol–water partition coefficient (Wildman–Crippen LogP) is 4.33. The largest absolute Gasteiger partial charge is 0.348 e. The summed E-state index contributed by atoms with van der Waals surface area (Å²) in [5.74, 6) is 0.0325. The van der Waals surface area contributed by atoms with Crippen LogP contribution in [0.1, 0.15) is 67.8 Å². The van der Waals surface area contributed by atoms with Gasteiger partial charge in [0.1, 0.15) is 6.54 Å². The molecule has 1 aliphatic carbocycles. The Balaban J connectivity index is 1.71. The highest BCUT2D eigenvalue weighted by molar-refractivity contribution is 7.92. The molecule has 1 N–H and O–H groups in total. The highest BCUT2D eigenvalue weighted by atomic mass is 32.2. The minimum atomic E-state index is -3.59. The number of aryl methyl sites for hydroxylation is 2. The molecule has 2 aromatic carbocycles. The molecule has 1 atom stereocenters. The maximum atomic E-state index is 12.7. The SMILES string of the molecule is CC(C)c1ccc(N(CC(=O)N[C@H](C)c2ccc3c(c2)CCCC3)S(C)(=O)=O)cc1. The van der Waals surface area contributed by atoms with Gasteiger partial charge in [0.2, 0.25) is 15.9 Å². The van der Waals surface area contributed by atoms with Crippen molar-refractivity contribution in [3.63, 3.8) is 0 Å². The van der Waals surface area contributed by atoms with E-state index in [4.69, 9.17) is 0 Å². The Kier molecular flexibility index (Phi) is 6.86. The van der Waals surface area contributed by atoms with Gasteiger partial charge in [0.15, 0.2) is 0 Å². The number of nitrogens with one attached hydrogen (secondary N) is 1. The first kappa shape index (κ1) is 22.3. The van der Waals surface area contributed by atoms with E-state index >= 15 is 0 Å². The van der Waals surface area contributed by atoms with Gasteiger partial charge in [0, 0.05) is 0 Å². The summed E-state index contributed by atoms with van der Waals surface area (Å²) in [6, 6.07) is 13.6. The molecule has 0 unspecified atom stereocenters. The molecule has 0 heterocycles. The number of fused-ring (bicyclic) bond motifs is 1. The van der Waals surface area contributed by atoms with Gasteiger partial charge in [-0.05, 0) is 72.9 Å². The second-order valence-electron chi connectivity index (χ2n) is 8.54. The van der Waals surface area contributed by atoms with Gasteiger partial charge in [0.25, 0.3) is 0 Å². The number of hydrogen-bond donors (Lipinski definition) is 1. The van der Waals surface area contributed by atoms with Gasteiger partial charge in [-0.15, -0.1) is 0 Å². The van der Waals surface area contributed by atoms with Crippen molar-refractivity contribution >= 4 is 21.6 Å². The standard InChI is InChI=1S/C24H32N2O3S/c1-17(2)19-11-13-23(14-12-19)26(30(4,28)29)16-24(27)25-18(3)21-10-9-20-7-5-6-8-22(20)15-21/h9-15,17-18H,5-8,16H2,1-4H3,(H,25,27)/t18-/m1/s1. The number of anilines is 1. The Morgan fingerprint density at radius 2 is 1.57 bits per heavy atom. The first-order chi connectivity index (χ1) is 14.1. The van der Waals surface area contributed by atoms with Crippen LogP contribution in [0.3, 0.4) is 0 Å². The Morgan fingerprint density at radius 3 is 2.17 bits per heavy atom. The summed E-state index contributed by atoms with van der Waals surface area (Å²) >= 11 is 0. The Morgan fingerprint density at radius 1 is 0.967 bits per heavy atom. The number of benzene rings is 2. The van der Waals surface area contributed by atoms with Crippen molar-refractivity contribution in [1.29, 1.82) is 0 Å². The number of hydrogen-bond acceptors (Lipinski definition) is 3. The molecule has 0 radical (unpaired) electrons. The number of sulfonamides is 1. The molecule has 0 spiro atoms. The topological polar surface area (TPSA) is 66.5 Å². The molecule has 1 aliphatic rings. The number of carbonyl (C=O) groups excluding carboxylic acids is 1. The molecule has 0 aliphatic heterocycles. The van der Waals surface area contributed by atoms with Crippen molar-refractivity contribution in [1.82, 2.24) is 5.32 Å². The number of carbonyl (C=O) groups is 1. The zero-order valence-corrected chi connectivity index (χ0v) is 19.1. The second kappa shape index (κ2) is 9.21. The predicted molar refractivity (Wildman–Crippen MR) is 122 cm³/mol. The van der Waals surface area contributed by atoms with Crippen LogP contribution in [0.25, 0.3) is 0 Å². The average Bonchev–Trinajstić information content (AvgIpc) is 2.71. The summed E-state index contributed by atoms with van der Waals surface area (Å²) in [7, 11) is -3.59. The highest BCUT2D eigenvalue weighted by Gasteiger charge is 2.22. The van der Waals surface area contributed by atoms with Crippen LogP contribution in [-0.4, -0.2) is 27.1 Å². The van der Waals surface area contributed by atoms with Crippen LogP contribution in [0.2, 0.25) is 0 Å². The van der Waals surface area contributed by atoms with Gasteiger partial charge in [-0.25, -0.2) is 8.42 Å². The summed E-state index contributed by atoms with van der Waals surface area (Å²) in [4.78, 5) is 12.7. The molecule has 6 heteroatoms. The first-order valence-corrected chi connectivity index (χ1v) is 12.5. The van der Waals surface area contributed by atoms with E-state index in [1.165, 1.54) is 24.0 Å². The zero-order chi connectivity index (χ0) is 21.9. The fraction of sp³-hybridized carbons (Fsp3) is 0.458. The van der Waals surface area contributed by atoms with Crippen molar-refractivity contribution in [2.45, 2.75) is 58.4 Å². The molecular formula is C24H32N2O3S. The van der Waals surface area contributed by atoms with Gasteiger partial charge in [-0.3, -0.25) is 9.10 Å². The minimum absolute atomic E-state index is 0.186. The van der Waals surface area contributed by atoms with Gasteiger partial charge in [-0.1, -0.05) is 44.2 Å². The molecule has 162 valence electrons. The molecular weight excluding hydrogens is 396 g/mol. The van der Waals surface area contributed by atoms with Gasteiger partial charge in [-0.2, -0.15) is 0 Å². The molecule has 0 bridgehead atoms. The third-order valence-corrected chi connectivity index (χ3v) is 6.93. The van der Waals surface area contributed by atoms with Crippen molar-refractivity contribution in [2.75, 3.05) is 17.1 Å². The molecule has 0 saturated heterocycles. The third kappa shape index (κ3) is 5.42. The van der Waals surface area contributed by atoms with E-state index in [1.807, 2.05) is 19.1 Å². The first-order valence-electron chi connectivity index (χ1n) is 10.6. The summed E-state index contributed by atoms with van der Waals surface area (Å²) in [6.45, 7) is 5.86. The molecule has 0 saturated carbocycles. The Labute approximate surface area is 180 Å². The fourth-order valence-electron chi connectivity index (χ4n) is 3.95. The molecule has 0 fully saturated rings. The van der Waals surface area contributed by atoms with E-state index in [1.54, 1.807) is 12.1 Å². The highest BCUT2D eigenvalue weighted by Crippen LogP contribution is 2.25. The number of nitrogens with zero attached hydrogens (tertiary/aromatic N) is 1. The van der Waals surface area contributed by atoms with Gasteiger partial charge in [0.05, 0.1) is 18.0 Å². The van der Waals surface area contributed by atoms with E-state index in [0.29, 0.717) is 11.6 Å². The van der Waals surface area contributed by atoms with E-state index in [2.05, 4.69) is 37.4 Å². The van der Waals surface area contributed by atoms with Crippen LogP contribution in [0.15, 0.2) is 42.5 Å². The number of amides is 1. The lowest BCUT2D eigenvalue weighted by molar-refractivity contribution is -0.120. The van der Waals surface area contributed by atoms with Crippen LogP contribution >= 0.6 is 0 Å². The van der Waals surface area contributed by atoms with Crippen LogP contribution in [-0.2, 0) is 27.7 Å². The fourth-order valence-corrected chi connectivity index (χ4v) is 4.81. The summed E-state index contributed by atoms with van der Waals surface area (Å²) in [6.07, 6.45) is 5.77. The van der Waals surface area contributed by atoms with E-state index < -0.39 is 10.0 Å². The molecule has 2 aromatic rings. The van der Waals surface area contributed by atoms with E-state index in [9.17, 15) is 13.2 Å². The lowest BCUT2D eigenvalue weighted by Crippen LogP contribution is -2.41. The maximum Gasteiger partial charge on any atom is 0.241 e. The van der Waals surface area contributed by atoms with Crippen molar-refractivity contribution < 1.29 is 13.2 Å². The van der Waals surface area contributed by atoms with Gasteiger partial charge < -0.3 is 5.32 Å². The van der Waals surface area contributed by atoms with E-state index in [0.717, 1.165) is 34.5 Å². The summed E-state index contributed by atoms with van der Waals surface area (Å²) in [5.41, 5.74) is 5.44. The Bertz CT molecular complexity index is 998. The molecule has 0 aromatic heterocycles. The van der Waals surface area contributed by atoms with Crippen LogP contribution in [0.4, 0.5) is 5.69 Å². The quantitative estimate of drug-likeness (QED) is 0.714. The molecule has 1 amide bonds. The van der Waals surface area contributed by atoms with Crippen LogP contribution < -0.4 is 9.62 Å². The van der Waals surface area contributed by atoms with Crippen LogP contribution in [0, 0.1) is 0 Å². The minimum Gasteiger partial charge on any atom is -0.348 e. The number of rotatable bonds is 7. The molecule has 30 heavy (non-hydrogen) atoms. The normalized spacial score (nSPS) is 14.8. The van der Waals surface area contributed by atoms with Crippen molar-refractivity contribution in [3.8, 4) is 0 Å². The zero-order valence-electron chi connectivity index (χ0n) is 18.3. The molecule has 5 nitrogen and oxygen atoms in total. The summed E-state index contributed by atoms with van der Waals surface area (Å²) in [5, 5.41) is 2.96. The van der Waals surface area contributed by atoms with Gasteiger partial charge >= 0.3 is 0 Å². The van der Waals surface area contributed by atoms with E-state index in [-0.39, 0.29) is 18.5 Å². The smallest absolute Gasteiger partial charge is 0.241 e. The lowest BCUT2D eigenvalue weighted by Gasteiger charge is -2.24. The second-order valence-corrected chi connectivity index (χ2v) is 10.4. The van der Waals surface area contributed by atoms with Crippen molar-refractivity contribution in [3.05, 3.63) is 64.7 Å². The summed E-state index contributed by atoms with van der Waals surface area (Å²) < 4.78 is 25.9. The van der Waals surface area contributed by atoms with Crippen molar-refractivity contribution in [2.24, 2.45) is 0 Å². The maximum absolute atomic E-state index is 12.7.